The molecule has 25 heavy (non-hydrogen) atoms. The van der Waals surface area contributed by atoms with Crippen LogP contribution in [0.1, 0.15) is 19.3 Å². The van der Waals surface area contributed by atoms with Gasteiger partial charge in [-0.25, -0.2) is 0 Å². The van der Waals surface area contributed by atoms with Crippen LogP contribution in [0.3, 0.4) is 0 Å². The molecule has 0 aliphatic heterocycles. The van der Waals surface area contributed by atoms with Crippen LogP contribution in [-0.2, 0) is 9.59 Å². The molecule has 1 fully saturated rings. The maximum atomic E-state index is 12.5. The topological polar surface area (TPSA) is 84.9 Å². The normalized spacial score (nSPS) is 19.9. The number of carbonyl (C=O) groups excluding carboxylic acids is 1. The van der Waals surface area contributed by atoms with Crippen molar-refractivity contribution in [2.75, 3.05) is 5.32 Å². The van der Waals surface area contributed by atoms with Crippen LogP contribution < -0.4 is 14.8 Å². The monoisotopic (exact) mass is 365 g/mol. The van der Waals surface area contributed by atoms with Gasteiger partial charge in [0.05, 0.1) is 11.6 Å². The number of carbonyl (C=O) groups is 2. The standard InChI is InChI=1S/C15H15F4NO5/c16-14(17)24-9-3-4-10(11(6-9)25-15(18)19)20-12(21)7-1-2-8(5-7)13(22)23/h3-4,6-8,14-15H,1-2,5H2,(H,20,21)(H,22,23)/t7-,8+/m0/s1. The summed E-state index contributed by atoms with van der Waals surface area (Å²) in [4.78, 5) is 23.1. The van der Waals surface area contributed by atoms with Gasteiger partial charge in [0.2, 0.25) is 5.91 Å². The Kier molecular flexibility index (Phi) is 6.05. The second-order valence-electron chi connectivity index (χ2n) is 5.45. The van der Waals surface area contributed by atoms with Crippen molar-refractivity contribution in [2.24, 2.45) is 11.8 Å². The second kappa shape index (κ2) is 8.04. The first-order valence-corrected chi connectivity index (χ1v) is 7.33. The van der Waals surface area contributed by atoms with Gasteiger partial charge in [-0.2, -0.15) is 17.6 Å². The molecule has 0 saturated heterocycles. The summed E-state index contributed by atoms with van der Waals surface area (Å²) in [6.07, 6.45) is 0.828. The van der Waals surface area contributed by atoms with Crippen molar-refractivity contribution in [1.82, 2.24) is 0 Å². The minimum Gasteiger partial charge on any atom is -0.481 e. The Morgan fingerprint density at radius 1 is 1.08 bits per heavy atom. The Morgan fingerprint density at radius 3 is 2.28 bits per heavy atom. The molecule has 138 valence electrons. The lowest BCUT2D eigenvalue weighted by Gasteiger charge is -2.16. The molecule has 2 N–H and O–H groups in total. The number of rotatable bonds is 7. The number of carboxylic acids is 1. The van der Waals surface area contributed by atoms with Crippen molar-refractivity contribution in [3.8, 4) is 11.5 Å². The van der Waals surface area contributed by atoms with E-state index in [2.05, 4.69) is 14.8 Å². The molecule has 1 aromatic carbocycles. The molecule has 2 atom stereocenters. The highest BCUT2D eigenvalue weighted by Crippen LogP contribution is 2.35. The molecule has 1 amide bonds. The van der Waals surface area contributed by atoms with Crippen LogP contribution in [0.25, 0.3) is 0 Å². The first-order chi connectivity index (χ1) is 11.8. The minimum absolute atomic E-state index is 0.138. The van der Waals surface area contributed by atoms with E-state index in [1.165, 1.54) is 0 Å². The van der Waals surface area contributed by atoms with Gasteiger partial charge >= 0.3 is 19.2 Å². The van der Waals surface area contributed by atoms with Gasteiger partial charge in [-0.05, 0) is 31.4 Å². The second-order valence-corrected chi connectivity index (χ2v) is 5.45. The third-order valence-corrected chi connectivity index (χ3v) is 3.80. The molecule has 0 bridgehead atoms. The number of benzene rings is 1. The van der Waals surface area contributed by atoms with E-state index in [0.29, 0.717) is 12.8 Å². The first-order valence-electron chi connectivity index (χ1n) is 7.33. The zero-order valence-corrected chi connectivity index (χ0v) is 12.8. The summed E-state index contributed by atoms with van der Waals surface area (Å²) in [6.45, 7) is -6.38. The maximum Gasteiger partial charge on any atom is 0.387 e. The van der Waals surface area contributed by atoms with Crippen LogP contribution in [0.2, 0.25) is 0 Å². The van der Waals surface area contributed by atoms with Crippen LogP contribution in [0.5, 0.6) is 11.5 Å². The predicted molar refractivity (Wildman–Crippen MR) is 76.8 cm³/mol. The molecule has 0 spiro atoms. The number of carboxylic acid groups (broad SMARTS) is 1. The van der Waals surface area contributed by atoms with Crippen LogP contribution in [0.15, 0.2) is 18.2 Å². The van der Waals surface area contributed by atoms with Gasteiger partial charge in [-0.3, -0.25) is 9.59 Å². The van der Waals surface area contributed by atoms with E-state index < -0.39 is 48.4 Å². The van der Waals surface area contributed by atoms with Crippen molar-refractivity contribution >= 4 is 17.6 Å². The Balaban J connectivity index is 2.11. The Morgan fingerprint density at radius 2 is 1.72 bits per heavy atom. The van der Waals surface area contributed by atoms with E-state index in [1.54, 1.807) is 0 Å². The smallest absolute Gasteiger partial charge is 0.387 e. The summed E-state index contributed by atoms with van der Waals surface area (Å²) >= 11 is 0. The fourth-order valence-electron chi connectivity index (χ4n) is 2.65. The lowest BCUT2D eigenvalue weighted by molar-refractivity contribution is -0.141. The van der Waals surface area contributed by atoms with Gasteiger partial charge in [0.25, 0.3) is 0 Å². The SMILES string of the molecule is O=C(O)[C@@H]1CC[C@H](C(=O)Nc2ccc(OC(F)F)cc2OC(F)F)C1. The molecule has 2 rings (SSSR count). The molecule has 1 aromatic rings. The third kappa shape index (κ3) is 5.23. The fourth-order valence-corrected chi connectivity index (χ4v) is 2.65. The highest BCUT2D eigenvalue weighted by Gasteiger charge is 2.34. The number of alkyl halides is 4. The Labute approximate surface area is 139 Å². The Hall–Kier alpha value is -2.52. The summed E-state index contributed by atoms with van der Waals surface area (Å²) in [5.41, 5.74) is -0.148. The Bertz CT molecular complexity index is 640. The van der Waals surface area contributed by atoms with Crippen molar-refractivity contribution < 1.29 is 41.7 Å². The van der Waals surface area contributed by atoms with Gasteiger partial charge in [-0.1, -0.05) is 0 Å². The molecule has 0 radical (unpaired) electrons. The van der Waals surface area contributed by atoms with Crippen molar-refractivity contribution in [2.45, 2.75) is 32.5 Å². The summed E-state index contributed by atoms with van der Waals surface area (Å²) in [7, 11) is 0. The molecular formula is C15H15F4NO5. The summed E-state index contributed by atoms with van der Waals surface area (Å²) in [5, 5.41) is 11.3. The molecule has 0 heterocycles. The zero-order valence-electron chi connectivity index (χ0n) is 12.8. The van der Waals surface area contributed by atoms with Gasteiger partial charge in [-0.15, -0.1) is 0 Å². The van der Waals surface area contributed by atoms with E-state index in [0.717, 1.165) is 18.2 Å². The highest BCUT2D eigenvalue weighted by atomic mass is 19.3. The van der Waals surface area contributed by atoms with Crippen molar-refractivity contribution in [3.63, 3.8) is 0 Å². The number of anilines is 1. The molecular weight excluding hydrogens is 350 g/mol. The highest BCUT2D eigenvalue weighted by molar-refractivity contribution is 5.94. The van der Waals surface area contributed by atoms with Crippen molar-refractivity contribution in [1.29, 1.82) is 0 Å². The van der Waals surface area contributed by atoms with Gasteiger partial charge in [0, 0.05) is 12.0 Å². The number of hydrogen-bond donors (Lipinski definition) is 2. The number of hydrogen-bond acceptors (Lipinski definition) is 4. The predicted octanol–water partition coefficient (Wildman–Crippen LogP) is 3.33. The van der Waals surface area contributed by atoms with E-state index in [1.807, 2.05) is 0 Å². The summed E-state index contributed by atoms with van der Waals surface area (Å²) < 4.78 is 57.7. The zero-order chi connectivity index (χ0) is 18.6. The van der Waals surface area contributed by atoms with Gasteiger partial charge in [0.1, 0.15) is 5.75 Å². The van der Waals surface area contributed by atoms with Crippen LogP contribution in [-0.4, -0.2) is 30.2 Å². The number of amides is 1. The van der Waals surface area contributed by atoms with Gasteiger partial charge in [0.15, 0.2) is 5.75 Å². The molecule has 1 aliphatic carbocycles. The number of aliphatic carboxylic acids is 1. The largest absolute Gasteiger partial charge is 0.481 e. The van der Waals surface area contributed by atoms with E-state index in [9.17, 15) is 27.2 Å². The quantitative estimate of drug-likeness (QED) is 0.724. The number of ether oxygens (including phenoxy) is 2. The van der Waals surface area contributed by atoms with Crippen molar-refractivity contribution in [3.05, 3.63) is 18.2 Å². The number of halogens is 4. The van der Waals surface area contributed by atoms with Crippen LogP contribution in [0.4, 0.5) is 23.2 Å². The van der Waals surface area contributed by atoms with E-state index in [4.69, 9.17) is 5.11 Å². The molecule has 6 nitrogen and oxygen atoms in total. The van der Waals surface area contributed by atoms with Crippen LogP contribution in [0, 0.1) is 11.8 Å². The molecule has 1 aliphatic rings. The average Bonchev–Trinajstić information content (AvgIpc) is 2.99. The molecule has 10 heteroatoms. The fraction of sp³-hybridized carbons (Fsp3) is 0.467. The number of nitrogens with one attached hydrogen (secondary N) is 1. The van der Waals surface area contributed by atoms with E-state index >= 15 is 0 Å². The lowest BCUT2D eigenvalue weighted by Crippen LogP contribution is -2.22. The molecule has 0 aromatic heterocycles. The first kappa shape index (κ1) is 18.8. The average molecular weight is 365 g/mol. The molecule has 0 unspecified atom stereocenters. The molecule has 1 saturated carbocycles. The van der Waals surface area contributed by atoms with Crippen LogP contribution >= 0.6 is 0 Å². The minimum atomic E-state index is -3.24. The lowest BCUT2D eigenvalue weighted by atomic mass is 10.0. The summed E-state index contributed by atoms with van der Waals surface area (Å²) in [5.74, 6) is -3.70. The maximum absolute atomic E-state index is 12.5. The third-order valence-electron chi connectivity index (χ3n) is 3.80. The summed E-state index contributed by atoms with van der Waals surface area (Å²) in [6, 6.07) is 2.97. The van der Waals surface area contributed by atoms with E-state index in [-0.39, 0.29) is 12.1 Å². The van der Waals surface area contributed by atoms with Gasteiger partial charge < -0.3 is 19.9 Å².